The predicted octanol–water partition coefficient (Wildman–Crippen LogP) is 9.05. The van der Waals surface area contributed by atoms with Crippen LogP contribution in [-0.2, 0) is 12.8 Å². The lowest BCUT2D eigenvalue weighted by Gasteiger charge is -2.14. The molecule has 0 amide bonds. The first-order valence-corrected chi connectivity index (χ1v) is 12.4. The molecule has 0 aromatic heterocycles. The largest absolute Gasteiger partial charge is 0.0654 e. The summed E-state index contributed by atoms with van der Waals surface area (Å²) in [4.78, 5) is 0. The van der Waals surface area contributed by atoms with Crippen LogP contribution in [0.1, 0.15) is 115 Å². The highest BCUT2D eigenvalue weighted by Gasteiger charge is 2.08. The summed E-state index contributed by atoms with van der Waals surface area (Å²) in [5.41, 5.74) is 3.27. The van der Waals surface area contributed by atoms with E-state index in [0.717, 1.165) is 0 Å². The molecule has 0 aliphatic carbocycles. The molecule has 0 saturated carbocycles. The molecule has 2 rings (SSSR count). The second kappa shape index (κ2) is 17.2. The first-order chi connectivity index (χ1) is 13.9. The number of benzene rings is 2. The van der Waals surface area contributed by atoms with Gasteiger partial charge in [-0.05, 0) is 47.6 Å². The molecule has 0 N–H and O–H groups in total. The molecule has 29 heavy (non-hydrogen) atoms. The van der Waals surface area contributed by atoms with Gasteiger partial charge in [-0.15, -0.1) is 0 Å². The van der Waals surface area contributed by atoms with Gasteiger partial charge in [0.2, 0.25) is 0 Å². The zero-order valence-electron chi connectivity index (χ0n) is 19.5. The highest BCUT2D eigenvalue weighted by atomic mass is 24.3. The van der Waals surface area contributed by atoms with E-state index in [4.69, 9.17) is 0 Å². The molecule has 0 aliphatic heterocycles. The van der Waals surface area contributed by atoms with E-state index in [1.165, 1.54) is 114 Å². The van der Waals surface area contributed by atoms with Crippen LogP contribution in [-0.4, -0.2) is 23.1 Å². The maximum atomic E-state index is 2.43. The Kier molecular flexibility index (Phi) is 15.7. The topological polar surface area (TPSA) is 0 Å². The minimum Gasteiger partial charge on any atom is -0.0654 e. The van der Waals surface area contributed by atoms with E-state index in [1.54, 1.807) is 11.1 Å². The lowest BCUT2D eigenvalue weighted by Crippen LogP contribution is -1.97. The summed E-state index contributed by atoms with van der Waals surface area (Å²) in [6.45, 7) is 4.60. The molecule has 0 atom stereocenters. The summed E-state index contributed by atoms with van der Waals surface area (Å²) in [6.07, 6.45) is 22.1. The predicted molar refractivity (Wildman–Crippen MR) is 133 cm³/mol. The van der Waals surface area contributed by atoms with Crippen molar-refractivity contribution in [2.75, 3.05) is 0 Å². The minimum absolute atomic E-state index is 0. The van der Waals surface area contributed by atoms with Crippen LogP contribution in [0.15, 0.2) is 36.4 Å². The van der Waals surface area contributed by atoms with Crippen LogP contribution in [0.4, 0.5) is 0 Å². The summed E-state index contributed by atoms with van der Waals surface area (Å²) in [5, 5.41) is 2.93. The van der Waals surface area contributed by atoms with E-state index in [-0.39, 0.29) is 23.1 Å². The fraction of sp³-hybridized carbons (Fsp3) is 0.643. The Hall–Kier alpha value is -0.534. The fourth-order valence-electron chi connectivity index (χ4n) is 4.44. The number of fused-ring (bicyclic) bond motifs is 1. The van der Waals surface area contributed by atoms with Crippen molar-refractivity contribution in [3.05, 3.63) is 47.5 Å². The first kappa shape index (κ1) is 26.5. The molecule has 1 heteroatoms. The van der Waals surface area contributed by atoms with Crippen molar-refractivity contribution in [2.24, 2.45) is 0 Å². The molecule has 0 spiro atoms. The molecule has 0 fully saturated rings. The van der Waals surface area contributed by atoms with E-state index in [2.05, 4.69) is 50.2 Å². The molecule has 0 bridgehead atoms. The van der Waals surface area contributed by atoms with Crippen LogP contribution >= 0.6 is 0 Å². The quantitative estimate of drug-likeness (QED) is 0.193. The molecule has 0 heterocycles. The van der Waals surface area contributed by atoms with Crippen molar-refractivity contribution in [3.8, 4) is 0 Å². The second-order valence-corrected chi connectivity index (χ2v) is 8.67. The van der Waals surface area contributed by atoms with Gasteiger partial charge < -0.3 is 0 Å². The number of rotatable bonds is 16. The summed E-state index contributed by atoms with van der Waals surface area (Å²) in [5.74, 6) is 0. The maximum absolute atomic E-state index is 2.43. The Bertz CT molecular complexity index is 646. The van der Waals surface area contributed by atoms with Gasteiger partial charge in [0.05, 0.1) is 0 Å². The van der Waals surface area contributed by atoms with E-state index >= 15 is 0 Å². The number of hydrogen-bond acceptors (Lipinski definition) is 0. The smallest absolute Gasteiger partial charge is 0 e. The SMILES string of the molecule is CCCCCCCCCc1ccc2ccccc2c1CCCCCCCCC.[Mg]. The van der Waals surface area contributed by atoms with Crippen molar-refractivity contribution < 1.29 is 0 Å². The summed E-state index contributed by atoms with van der Waals surface area (Å²) in [7, 11) is 0. The molecule has 0 unspecified atom stereocenters. The highest BCUT2D eigenvalue weighted by molar-refractivity contribution is 5.86. The third-order valence-corrected chi connectivity index (χ3v) is 6.22. The molecule has 2 aromatic carbocycles. The van der Waals surface area contributed by atoms with E-state index in [9.17, 15) is 0 Å². The van der Waals surface area contributed by atoms with E-state index in [1.807, 2.05) is 0 Å². The Morgan fingerprint density at radius 3 is 1.66 bits per heavy atom. The third-order valence-electron chi connectivity index (χ3n) is 6.22. The van der Waals surface area contributed by atoms with Crippen LogP contribution in [0.2, 0.25) is 0 Å². The molecule has 158 valence electrons. The van der Waals surface area contributed by atoms with Crippen LogP contribution in [0.3, 0.4) is 0 Å². The van der Waals surface area contributed by atoms with Gasteiger partial charge in [-0.1, -0.05) is 127 Å². The molecular formula is C28H44Mg. The summed E-state index contributed by atoms with van der Waals surface area (Å²) < 4.78 is 0. The maximum Gasteiger partial charge on any atom is 0 e. The zero-order chi connectivity index (χ0) is 19.9. The first-order valence-electron chi connectivity index (χ1n) is 12.4. The molecular weight excluding hydrogens is 361 g/mol. The minimum atomic E-state index is 0. The van der Waals surface area contributed by atoms with Gasteiger partial charge in [-0.3, -0.25) is 0 Å². The van der Waals surface area contributed by atoms with E-state index < -0.39 is 0 Å². The fourth-order valence-corrected chi connectivity index (χ4v) is 4.44. The van der Waals surface area contributed by atoms with Gasteiger partial charge >= 0.3 is 0 Å². The molecule has 2 radical (unpaired) electrons. The average Bonchev–Trinajstić information content (AvgIpc) is 2.73. The standard InChI is InChI=1S/C28H44.Mg/c1-3-5-7-9-11-13-15-19-25-23-24-26-20-17-18-22-28(26)27(25)21-16-14-12-10-8-6-4-2;/h17-18,20,22-24H,3-16,19,21H2,1-2H3;. The highest BCUT2D eigenvalue weighted by Crippen LogP contribution is 2.26. The van der Waals surface area contributed by atoms with Crippen molar-refractivity contribution in [3.63, 3.8) is 0 Å². The van der Waals surface area contributed by atoms with Crippen LogP contribution in [0.5, 0.6) is 0 Å². The van der Waals surface area contributed by atoms with Gasteiger partial charge in [0.15, 0.2) is 0 Å². The Balaban J connectivity index is 0.00000420. The van der Waals surface area contributed by atoms with Gasteiger partial charge in [0.1, 0.15) is 0 Å². The summed E-state index contributed by atoms with van der Waals surface area (Å²) >= 11 is 0. The monoisotopic (exact) mass is 404 g/mol. The van der Waals surface area contributed by atoms with Gasteiger partial charge in [-0.2, -0.15) is 0 Å². The van der Waals surface area contributed by atoms with Crippen molar-refractivity contribution >= 4 is 33.8 Å². The lowest BCUT2D eigenvalue weighted by molar-refractivity contribution is 0.583. The zero-order valence-corrected chi connectivity index (χ0v) is 20.9. The molecule has 2 aromatic rings. The Morgan fingerprint density at radius 2 is 1.03 bits per heavy atom. The lowest BCUT2D eigenvalue weighted by atomic mass is 9.91. The normalized spacial score (nSPS) is 11.0. The molecule has 0 saturated heterocycles. The average molecular weight is 405 g/mol. The summed E-state index contributed by atoms with van der Waals surface area (Å²) in [6, 6.07) is 13.8. The van der Waals surface area contributed by atoms with E-state index in [0.29, 0.717) is 0 Å². The van der Waals surface area contributed by atoms with Crippen molar-refractivity contribution in [2.45, 2.75) is 117 Å². The number of aryl methyl sites for hydroxylation is 2. The third kappa shape index (κ3) is 10.4. The van der Waals surface area contributed by atoms with Gasteiger partial charge in [-0.25, -0.2) is 0 Å². The van der Waals surface area contributed by atoms with Crippen LogP contribution in [0.25, 0.3) is 10.8 Å². The molecule has 0 aliphatic rings. The van der Waals surface area contributed by atoms with Crippen LogP contribution in [0, 0.1) is 0 Å². The Morgan fingerprint density at radius 1 is 0.517 bits per heavy atom. The number of hydrogen-bond donors (Lipinski definition) is 0. The van der Waals surface area contributed by atoms with Crippen LogP contribution < -0.4 is 0 Å². The van der Waals surface area contributed by atoms with Gasteiger partial charge in [0, 0.05) is 23.1 Å². The Labute approximate surface area is 197 Å². The van der Waals surface area contributed by atoms with Crippen molar-refractivity contribution in [1.29, 1.82) is 0 Å². The molecule has 0 nitrogen and oxygen atoms in total. The van der Waals surface area contributed by atoms with Gasteiger partial charge in [0.25, 0.3) is 0 Å². The van der Waals surface area contributed by atoms with Crippen molar-refractivity contribution in [1.82, 2.24) is 0 Å². The second-order valence-electron chi connectivity index (χ2n) is 8.67. The number of unbranched alkanes of at least 4 members (excludes halogenated alkanes) is 12.